The van der Waals surface area contributed by atoms with Crippen LogP contribution in [-0.2, 0) is 75.2 Å². The highest BCUT2D eigenvalue weighted by molar-refractivity contribution is 7.98. The zero-order chi connectivity index (χ0) is 66.3. The molecule has 33 heteroatoms. The lowest BCUT2D eigenvalue weighted by Crippen LogP contribution is -2.59. The van der Waals surface area contributed by atoms with Gasteiger partial charge in [0.2, 0.25) is 76.8 Å². The van der Waals surface area contributed by atoms with E-state index in [1.54, 1.807) is 44.3 Å². The maximum atomic E-state index is 14.3. The van der Waals surface area contributed by atoms with E-state index in [-0.39, 0.29) is 38.0 Å². The molecule has 0 bridgehead atoms. The van der Waals surface area contributed by atoms with E-state index >= 15 is 0 Å². The Morgan fingerprint density at radius 3 is 1.74 bits per heavy atom. The number of benzene rings is 1. The van der Waals surface area contributed by atoms with Crippen molar-refractivity contribution in [1.82, 2.24) is 73.4 Å². The van der Waals surface area contributed by atoms with E-state index in [9.17, 15) is 67.4 Å². The summed E-state index contributed by atoms with van der Waals surface area (Å²) in [6.07, 6.45) is 7.04. The van der Waals surface area contributed by atoms with Gasteiger partial charge in [-0.25, -0.2) is 4.98 Å². The van der Waals surface area contributed by atoms with Crippen molar-refractivity contribution in [2.45, 2.75) is 147 Å². The summed E-state index contributed by atoms with van der Waals surface area (Å²) in [5, 5.41) is 37.7. The number of hydrogen-bond acceptors (Lipinski definition) is 18. The maximum absolute atomic E-state index is 14.3. The van der Waals surface area contributed by atoms with Crippen LogP contribution in [0.1, 0.15) is 90.8 Å². The molecule has 22 N–H and O–H groups in total. The number of H-pyrrole nitrogens is 2. The average Bonchev–Trinajstić information content (AvgIpc) is 3.59. The van der Waals surface area contributed by atoms with Crippen molar-refractivity contribution in [3.63, 3.8) is 0 Å². The second-order valence-corrected chi connectivity index (χ2v) is 22.9. The maximum Gasteiger partial charge on any atom is 0.245 e. The molecule has 2 heterocycles. The second kappa shape index (κ2) is 38.6. The number of primary amides is 2. The minimum absolute atomic E-state index is 0.103. The van der Waals surface area contributed by atoms with Crippen LogP contribution in [0, 0.1) is 11.8 Å². The fourth-order valence-electron chi connectivity index (χ4n) is 8.78. The monoisotopic (exact) mass is 1270 g/mol. The molecule has 0 saturated carbocycles. The van der Waals surface area contributed by atoms with E-state index in [0.717, 1.165) is 0 Å². The van der Waals surface area contributed by atoms with Crippen molar-refractivity contribution in [2.75, 3.05) is 44.8 Å². The number of amides is 13. The van der Waals surface area contributed by atoms with Crippen LogP contribution in [0.3, 0.4) is 0 Å². The van der Waals surface area contributed by atoms with Gasteiger partial charge in [0.15, 0.2) is 0 Å². The molecule has 3 aromatic rings. The van der Waals surface area contributed by atoms with Gasteiger partial charge in [0.25, 0.3) is 0 Å². The van der Waals surface area contributed by atoms with Crippen molar-refractivity contribution in [1.29, 1.82) is 0 Å². The average molecular weight is 1270 g/mol. The first-order chi connectivity index (χ1) is 42.2. The SMILES string of the molecule is CSCC[C@@H](NC(=O)[C@H](CC(C)C)NC(=O)[C@H](Cc1cnc[nH]1)NC(=O)CNC(=O)[C@@H](NC(=O)[C@H](C)NC(=O)[C@H](Cc1c[nH]c2ccccc12)NC(=O)[C@H](CCC(N)=O)NC(=O)CNC(=O)[C@H](CO)NC(=O)CNC(=O)[C@@H](N)CCCCN)C(C)C)C(N)=O. The summed E-state index contributed by atoms with van der Waals surface area (Å²) in [6.45, 7) is 5.57. The van der Waals surface area contributed by atoms with Crippen LogP contribution in [-0.4, -0.2) is 196 Å². The number of unbranched alkanes of at least 4 members (excludes halogenated alkanes) is 1. The van der Waals surface area contributed by atoms with Gasteiger partial charge in [-0.1, -0.05) is 52.3 Å². The summed E-state index contributed by atoms with van der Waals surface area (Å²) < 4.78 is 0. The van der Waals surface area contributed by atoms with Crippen molar-refractivity contribution >= 4 is 99.5 Å². The Balaban J connectivity index is 1.73. The molecule has 9 atom stereocenters. The molecule has 0 fully saturated rings. The fourth-order valence-corrected chi connectivity index (χ4v) is 9.25. The Labute approximate surface area is 519 Å². The normalized spacial score (nSPS) is 14.2. The zero-order valence-corrected chi connectivity index (χ0v) is 51.7. The molecule has 0 aliphatic rings. The van der Waals surface area contributed by atoms with E-state index < -0.39 is 170 Å². The lowest BCUT2D eigenvalue weighted by molar-refractivity contribution is -0.135. The Morgan fingerprint density at radius 1 is 0.596 bits per heavy atom. The van der Waals surface area contributed by atoms with Crippen LogP contribution in [0.25, 0.3) is 10.9 Å². The summed E-state index contributed by atoms with van der Waals surface area (Å²) in [7, 11) is 0. The van der Waals surface area contributed by atoms with Crippen molar-refractivity contribution in [3.05, 3.63) is 54.2 Å². The van der Waals surface area contributed by atoms with E-state index in [0.29, 0.717) is 53.7 Å². The van der Waals surface area contributed by atoms with Crippen molar-refractivity contribution in [2.24, 2.45) is 34.8 Å². The third kappa shape index (κ3) is 26.7. The lowest BCUT2D eigenvalue weighted by atomic mass is 10.0. The van der Waals surface area contributed by atoms with Crippen LogP contribution >= 0.6 is 11.8 Å². The van der Waals surface area contributed by atoms with Gasteiger partial charge < -0.3 is 96.5 Å². The highest BCUT2D eigenvalue weighted by atomic mass is 32.2. The number of aromatic nitrogens is 3. The van der Waals surface area contributed by atoms with Crippen molar-refractivity contribution in [3.8, 4) is 0 Å². The number of imidazole rings is 1. The Kier molecular flexibility index (Phi) is 32.3. The van der Waals surface area contributed by atoms with Gasteiger partial charge in [-0.05, 0) is 81.0 Å². The van der Waals surface area contributed by atoms with Gasteiger partial charge in [-0.2, -0.15) is 11.8 Å². The first-order valence-electron chi connectivity index (χ1n) is 29.1. The van der Waals surface area contributed by atoms with Gasteiger partial charge in [0.05, 0.1) is 38.6 Å². The first-order valence-corrected chi connectivity index (χ1v) is 30.5. The molecular formula is C56H88N18O14S. The van der Waals surface area contributed by atoms with E-state index in [2.05, 4.69) is 73.4 Å². The number of para-hydroxylation sites is 1. The molecule has 0 unspecified atom stereocenters. The molecule has 3 rings (SSSR count). The van der Waals surface area contributed by atoms with E-state index in [4.69, 9.17) is 22.9 Å². The summed E-state index contributed by atoms with van der Waals surface area (Å²) in [5.74, 6) is -11.1. The second-order valence-electron chi connectivity index (χ2n) is 21.9. The van der Waals surface area contributed by atoms with Gasteiger partial charge >= 0.3 is 0 Å². The number of aliphatic hydroxyl groups excluding tert-OH is 1. The molecule has 0 aliphatic heterocycles. The summed E-state index contributed by atoms with van der Waals surface area (Å²) >= 11 is 1.45. The Bertz CT molecular complexity index is 2890. The van der Waals surface area contributed by atoms with E-state index in [1.807, 2.05) is 20.1 Å². The lowest BCUT2D eigenvalue weighted by Gasteiger charge is -2.26. The number of rotatable bonds is 41. The van der Waals surface area contributed by atoms with Gasteiger partial charge in [-0.15, -0.1) is 0 Å². The van der Waals surface area contributed by atoms with Crippen LogP contribution in [0.4, 0.5) is 0 Å². The molecule has 2 aromatic heterocycles. The molecular weight excluding hydrogens is 1180 g/mol. The number of fused-ring (bicyclic) bond motifs is 1. The van der Waals surface area contributed by atoms with Gasteiger partial charge in [0, 0.05) is 48.3 Å². The third-order valence-electron chi connectivity index (χ3n) is 13.7. The van der Waals surface area contributed by atoms with Crippen molar-refractivity contribution < 1.29 is 67.4 Å². The molecule has 32 nitrogen and oxygen atoms in total. The molecule has 89 heavy (non-hydrogen) atoms. The number of carbonyl (C=O) groups is 13. The quantitative estimate of drug-likeness (QED) is 0.0236. The summed E-state index contributed by atoms with van der Waals surface area (Å²) in [6, 6.07) is -4.64. The molecule has 0 saturated heterocycles. The van der Waals surface area contributed by atoms with Crippen LogP contribution in [0.5, 0.6) is 0 Å². The first kappa shape index (κ1) is 74.6. The summed E-state index contributed by atoms with van der Waals surface area (Å²) in [4.78, 5) is 182. The van der Waals surface area contributed by atoms with Crippen LogP contribution < -0.4 is 81.4 Å². The molecule has 0 radical (unpaired) electrons. The minimum atomic E-state index is -1.58. The number of hydrogen-bond donors (Lipinski definition) is 18. The zero-order valence-electron chi connectivity index (χ0n) is 50.9. The van der Waals surface area contributed by atoms with Crippen LogP contribution in [0.15, 0.2) is 43.0 Å². The number of nitrogens with two attached hydrogens (primary N) is 4. The number of thioether (sulfide) groups is 1. The Morgan fingerprint density at radius 2 is 1.16 bits per heavy atom. The third-order valence-corrected chi connectivity index (χ3v) is 14.4. The van der Waals surface area contributed by atoms with Crippen LogP contribution in [0.2, 0.25) is 0 Å². The standard InChI is InChI=1S/C56H88N18O14S/c1-29(2)19-39(54(86)71-37(48(60)80)16-18-89-6)72-55(87)41(21-33-23-61-28-66-33)69-45(78)26-65-56(88)47(30(3)4)74-49(81)31(5)67-53(85)40(20-32-22-62-36-13-8-7-11-34(32)36)73-52(84)38(14-15-43(59)76)68-44(77)25-64-51(83)42(27-75)70-46(79)24-63-50(82)35(58)12-9-10-17-57/h7-8,11,13,22-23,28-31,35,37-42,47,62,75H,9-10,12,14-21,24-27,57-58H2,1-6H3,(H2,59,76)(H2,60,80)(H,61,66)(H,63,82)(H,64,83)(H,65,88)(H,67,85)(H,68,77)(H,69,78)(H,70,79)(H,71,86)(H,72,87)(H,73,84)(H,74,81)/t31-,35-,37+,38-,39-,40-,41-,42-,47-/m0/s1. The predicted octanol–water partition coefficient (Wildman–Crippen LogP) is -5.42. The van der Waals surface area contributed by atoms with Gasteiger partial charge in [-0.3, -0.25) is 62.3 Å². The highest BCUT2D eigenvalue weighted by Crippen LogP contribution is 2.20. The summed E-state index contributed by atoms with van der Waals surface area (Å²) in [5.41, 5.74) is 23.9. The number of aromatic amines is 2. The number of aliphatic hydroxyl groups is 1. The number of nitrogens with one attached hydrogen (secondary N) is 13. The predicted molar refractivity (Wildman–Crippen MR) is 327 cm³/mol. The minimum Gasteiger partial charge on any atom is -0.394 e. The molecule has 0 aliphatic carbocycles. The fraction of sp³-hybridized carbons (Fsp3) is 0.571. The Hall–Kier alpha value is -8.69. The molecule has 1 aromatic carbocycles. The number of carbonyl (C=O) groups excluding carboxylic acids is 13. The highest BCUT2D eigenvalue weighted by Gasteiger charge is 2.34. The largest absolute Gasteiger partial charge is 0.394 e. The van der Waals surface area contributed by atoms with Gasteiger partial charge in [0.1, 0.15) is 48.3 Å². The topological polar surface area (TPSA) is 523 Å². The number of nitrogens with zero attached hydrogens (tertiary/aromatic N) is 1. The smallest absolute Gasteiger partial charge is 0.245 e. The van der Waals surface area contributed by atoms with E-state index in [1.165, 1.54) is 31.2 Å². The molecule has 492 valence electrons. The molecule has 0 spiro atoms. The molecule has 13 amide bonds.